The summed E-state index contributed by atoms with van der Waals surface area (Å²) in [6.07, 6.45) is 13.7. The van der Waals surface area contributed by atoms with E-state index in [4.69, 9.17) is 10.8 Å². The number of carboxylic acid groups (broad SMARTS) is 1. The molecule has 0 rings (SSSR count). The Labute approximate surface area is 136 Å². The molecule has 0 heterocycles. The zero-order chi connectivity index (χ0) is 16.6. The van der Waals surface area contributed by atoms with Crippen molar-refractivity contribution in [1.82, 2.24) is 5.32 Å². The van der Waals surface area contributed by atoms with Gasteiger partial charge in [-0.2, -0.15) is 0 Å². The van der Waals surface area contributed by atoms with Gasteiger partial charge in [-0.05, 0) is 12.8 Å². The number of unbranched alkanes of at least 4 members (excludes halogenated alkanes) is 10. The van der Waals surface area contributed by atoms with Crippen LogP contribution in [0.25, 0.3) is 0 Å². The molecule has 0 amide bonds. The van der Waals surface area contributed by atoms with Gasteiger partial charge in [0.1, 0.15) is 0 Å². The normalized spacial score (nSPS) is 10.5. The Morgan fingerprint density at radius 3 is 1.68 bits per heavy atom. The van der Waals surface area contributed by atoms with Crippen LogP contribution in [0.5, 0.6) is 0 Å². The molecule has 130 valence electrons. The van der Waals surface area contributed by atoms with Crippen LogP contribution < -0.4 is 11.1 Å². The maximum absolute atomic E-state index is 10.4. The minimum absolute atomic E-state index is 0.326. The number of carbonyl (C=O) groups is 1. The maximum atomic E-state index is 10.4. The van der Waals surface area contributed by atoms with Gasteiger partial charge in [-0.3, -0.25) is 20.4 Å². The first-order valence-electron chi connectivity index (χ1n) is 8.79. The first kappa shape index (κ1) is 20.7. The second kappa shape index (κ2) is 14.7. The molecular weight excluding hydrogens is 278 g/mol. The predicted octanol–water partition coefficient (Wildman–Crippen LogP) is 2.93. The molecule has 0 aliphatic heterocycles. The standard InChI is InChI=1S/C17H35N3O2/c1-20(2)17(18)19-15-13-11-9-7-5-3-4-6-8-10-12-14-16(21)22/h3-15H2,1-2H3,(H3,18,19,21,22)/p+1. The Balaban J connectivity index is 3.12. The van der Waals surface area contributed by atoms with Crippen LogP contribution in [0.15, 0.2) is 0 Å². The van der Waals surface area contributed by atoms with Crippen molar-refractivity contribution < 1.29 is 14.5 Å². The van der Waals surface area contributed by atoms with Crippen molar-refractivity contribution in [3.05, 3.63) is 0 Å². The smallest absolute Gasteiger partial charge is 0.342 e. The topological polar surface area (TPSA) is 78.4 Å². The van der Waals surface area contributed by atoms with Crippen LogP contribution in [-0.4, -0.2) is 42.3 Å². The van der Waals surface area contributed by atoms with E-state index in [1.165, 1.54) is 57.8 Å². The summed E-state index contributed by atoms with van der Waals surface area (Å²) in [6, 6.07) is 0. The molecule has 0 radical (unpaired) electrons. The van der Waals surface area contributed by atoms with Crippen molar-refractivity contribution in [3.63, 3.8) is 0 Å². The molecule has 0 saturated heterocycles. The van der Waals surface area contributed by atoms with E-state index in [0.29, 0.717) is 6.42 Å². The average Bonchev–Trinajstić information content (AvgIpc) is 2.46. The van der Waals surface area contributed by atoms with Crippen LogP contribution in [0.4, 0.5) is 0 Å². The van der Waals surface area contributed by atoms with Crippen molar-refractivity contribution in [2.45, 2.75) is 77.0 Å². The molecule has 0 aliphatic rings. The van der Waals surface area contributed by atoms with Crippen LogP contribution in [0.1, 0.15) is 77.0 Å². The van der Waals surface area contributed by atoms with Crippen LogP contribution in [-0.2, 0) is 4.79 Å². The number of hydrogen-bond donors (Lipinski definition) is 3. The predicted molar refractivity (Wildman–Crippen MR) is 92.3 cm³/mol. The molecule has 0 aliphatic carbocycles. The first-order valence-corrected chi connectivity index (χ1v) is 8.79. The summed E-state index contributed by atoms with van der Waals surface area (Å²) < 4.78 is 1.89. The van der Waals surface area contributed by atoms with Crippen molar-refractivity contribution >= 4 is 11.9 Å². The van der Waals surface area contributed by atoms with E-state index in [1.807, 2.05) is 18.7 Å². The molecule has 0 atom stereocenters. The third kappa shape index (κ3) is 15.1. The SMILES string of the molecule is C[N+](C)=C(N)NCCCCCCCCCCCCCC(=O)O. The van der Waals surface area contributed by atoms with Gasteiger partial charge in [-0.1, -0.05) is 57.8 Å². The van der Waals surface area contributed by atoms with Gasteiger partial charge in [0, 0.05) is 6.42 Å². The molecule has 0 bridgehead atoms. The van der Waals surface area contributed by atoms with E-state index in [1.54, 1.807) is 0 Å². The number of hydrogen-bond acceptors (Lipinski definition) is 1. The van der Waals surface area contributed by atoms with E-state index in [-0.39, 0.29) is 0 Å². The third-order valence-corrected chi connectivity index (χ3v) is 3.86. The highest BCUT2D eigenvalue weighted by Crippen LogP contribution is 2.11. The van der Waals surface area contributed by atoms with Crippen LogP contribution >= 0.6 is 0 Å². The van der Waals surface area contributed by atoms with Gasteiger partial charge in [0.25, 0.3) is 0 Å². The quantitative estimate of drug-likeness (QED) is 0.199. The largest absolute Gasteiger partial charge is 0.481 e. The molecule has 0 spiro atoms. The number of rotatable bonds is 14. The lowest BCUT2D eigenvalue weighted by molar-refractivity contribution is -0.467. The minimum atomic E-state index is -0.669. The highest BCUT2D eigenvalue weighted by atomic mass is 16.4. The fourth-order valence-electron chi connectivity index (χ4n) is 2.37. The molecule has 0 unspecified atom stereocenters. The summed E-state index contributed by atoms with van der Waals surface area (Å²) >= 11 is 0. The Kier molecular flexibility index (Phi) is 13.8. The van der Waals surface area contributed by atoms with Gasteiger partial charge in [-0.25, -0.2) is 0 Å². The number of aliphatic carboxylic acids is 1. The van der Waals surface area contributed by atoms with Crippen molar-refractivity contribution in [3.8, 4) is 0 Å². The van der Waals surface area contributed by atoms with Crippen LogP contribution in [0, 0.1) is 0 Å². The van der Waals surface area contributed by atoms with Gasteiger partial charge in [0.05, 0.1) is 20.6 Å². The van der Waals surface area contributed by atoms with Crippen LogP contribution in [0.3, 0.4) is 0 Å². The van der Waals surface area contributed by atoms with Gasteiger partial charge in [-0.15, -0.1) is 0 Å². The van der Waals surface area contributed by atoms with Crippen molar-refractivity contribution in [2.75, 3.05) is 20.6 Å². The monoisotopic (exact) mass is 314 g/mol. The number of nitrogens with one attached hydrogen (secondary N) is 1. The average molecular weight is 314 g/mol. The van der Waals surface area contributed by atoms with Crippen molar-refractivity contribution in [1.29, 1.82) is 0 Å². The second-order valence-corrected chi connectivity index (χ2v) is 6.24. The van der Waals surface area contributed by atoms with Gasteiger partial charge < -0.3 is 5.11 Å². The molecule has 5 heteroatoms. The molecule has 0 saturated carbocycles. The molecule has 22 heavy (non-hydrogen) atoms. The summed E-state index contributed by atoms with van der Waals surface area (Å²) in [6.45, 7) is 0.959. The van der Waals surface area contributed by atoms with Crippen LogP contribution in [0.2, 0.25) is 0 Å². The highest BCUT2D eigenvalue weighted by molar-refractivity contribution is 5.72. The summed E-state index contributed by atoms with van der Waals surface area (Å²) in [5, 5.41) is 11.7. The molecule has 4 N–H and O–H groups in total. The zero-order valence-electron chi connectivity index (χ0n) is 14.6. The zero-order valence-corrected chi connectivity index (χ0v) is 14.6. The van der Waals surface area contributed by atoms with E-state index in [2.05, 4.69) is 5.32 Å². The molecular formula is C17H36N3O2+. The molecule has 5 nitrogen and oxygen atoms in total. The number of nitrogens with zero attached hydrogens (tertiary/aromatic N) is 1. The highest BCUT2D eigenvalue weighted by Gasteiger charge is 1.99. The lowest BCUT2D eigenvalue weighted by Gasteiger charge is -2.03. The Hall–Kier alpha value is -1.26. The number of carboxylic acids is 1. The molecule has 0 aromatic heterocycles. The van der Waals surface area contributed by atoms with E-state index >= 15 is 0 Å². The third-order valence-electron chi connectivity index (χ3n) is 3.86. The summed E-state index contributed by atoms with van der Waals surface area (Å²) in [5.74, 6) is 0.0702. The fourth-order valence-corrected chi connectivity index (χ4v) is 2.37. The maximum Gasteiger partial charge on any atom is 0.342 e. The van der Waals surface area contributed by atoms with Gasteiger partial charge in [0.15, 0.2) is 0 Å². The molecule has 0 fully saturated rings. The van der Waals surface area contributed by atoms with Gasteiger partial charge >= 0.3 is 11.9 Å². The Bertz CT molecular complexity index is 313. The molecule has 0 aromatic rings. The first-order chi connectivity index (χ1) is 10.5. The van der Waals surface area contributed by atoms with Crippen molar-refractivity contribution in [2.24, 2.45) is 5.73 Å². The lowest BCUT2D eigenvalue weighted by atomic mass is 10.1. The van der Waals surface area contributed by atoms with E-state index in [0.717, 1.165) is 25.3 Å². The van der Waals surface area contributed by atoms with E-state index < -0.39 is 5.97 Å². The van der Waals surface area contributed by atoms with E-state index in [9.17, 15) is 4.79 Å². The summed E-state index contributed by atoms with van der Waals surface area (Å²) in [5.41, 5.74) is 5.77. The summed E-state index contributed by atoms with van der Waals surface area (Å²) in [7, 11) is 3.88. The number of nitrogens with two attached hydrogens (primary N) is 1. The second-order valence-electron chi connectivity index (χ2n) is 6.24. The molecule has 0 aromatic carbocycles. The fraction of sp³-hybridized carbons (Fsp3) is 0.882. The lowest BCUT2D eigenvalue weighted by Crippen LogP contribution is -2.38. The Morgan fingerprint density at radius 1 is 0.864 bits per heavy atom. The minimum Gasteiger partial charge on any atom is -0.481 e. The van der Waals surface area contributed by atoms with Gasteiger partial charge in [0.2, 0.25) is 0 Å². The Morgan fingerprint density at radius 2 is 1.27 bits per heavy atom. The number of guanidine groups is 1. The summed E-state index contributed by atoms with van der Waals surface area (Å²) in [4.78, 5) is 10.4.